The van der Waals surface area contributed by atoms with Crippen LogP contribution in [-0.4, -0.2) is 64.1 Å². The Labute approximate surface area is 282 Å². The van der Waals surface area contributed by atoms with Crippen molar-refractivity contribution in [2.45, 2.75) is 43.9 Å². The van der Waals surface area contributed by atoms with Crippen LogP contribution in [0.25, 0.3) is 11.3 Å². The molecule has 5 rings (SSSR count). The number of alkyl carbamates (subject to hydrolysis) is 1. The number of thiazole rings is 2. The third kappa shape index (κ3) is 9.65. The first-order valence-electron chi connectivity index (χ1n) is 14.9. The van der Waals surface area contributed by atoms with Crippen LogP contribution >= 0.6 is 22.7 Å². The maximum atomic E-state index is 14.0. The fourth-order valence-electron chi connectivity index (χ4n) is 4.78. The van der Waals surface area contributed by atoms with Gasteiger partial charge in [-0.05, 0) is 42.2 Å². The molecule has 0 aliphatic carbocycles. The van der Waals surface area contributed by atoms with Gasteiger partial charge < -0.3 is 20.5 Å². The Bertz CT molecular complexity index is 1800. The molecule has 0 saturated heterocycles. The van der Waals surface area contributed by atoms with E-state index in [1.54, 1.807) is 48.4 Å². The van der Waals surface area contributed by atoms with Gasteiger partial charge in [-0.2, -0.15) is 4.31 Å². The van der Waals surface area contributed by atoms with Gasteiger partial charge in [0.2, 0.25) is 10.0 Å². The lowest BCUT2D eigenvalue weighted by atomic mass is 10.0. The number of anilines is 2. The van der Waals surface area contributed by atoms with Gasteiger partial charge in [0.15, 0.2) is 5.13 Å². The first kappa shape index (κ1) is 34.1. The van der Waals surface area contributed by atoms with E-state index in [1.807, 2.05) is 61.7 Å². The summed E-state index contributed by atoms with van der Waals surface area (Å²) in [5, 5.41) is 20.1. The van der Waals surface area contributed by atoms with Crippen molar-refractivity contribution in [3.05, 3.63) is 107 Å². The molecule has 3 aromatic heterocycles. The van der Waals surface area contributed by atoms with E-state index in [1.165, 1.54) is 27.0 Å². The monoisotopic (exact) mass is 692 g/mol. The standard InChI is InChI=1S/C33H36N6O5S3/c1-23(2)18-39(19-31(40)29(16-24-6-4-3-5-7-24)38-33(41)44-20-27-17-35-22-46-27)47(42,43)28-10-8-25(9-11-28)30-21-45-32(37-30)36-26-12-14-34-15-13-26/h3-15,17,21-23,29,31,40H,16,18-20H2,1-2H3,(H,38,41)(H,34,36,37)/t29-,31+/m0/s1. The number of rotatable bonds is 15. The lowest BCUT2D eigenvalue weighted by Crippen LogP contribution is -2.51. The third-order valence-electron chi connectivity index (χ3n) is 7.08. The van der Waals surface area contributed by atoms with Crippen LogP contribution in [0, 0.1) is 5.92 Å². The molecule has 0 fully saturated rings. The maximum absolute atomic E-state index is 14.0. The van der Waals surface area contributed by atoms with Gasteiger partial charge in [0.25, 0.3) is 0 Å². The Hall–Kier alpha value is -4.21. The summed E-state index contributed by atoms with van der Waals surface area (Å²) < 4.78 is 34.6. The highest BCUT2D eigenvalue weighted by molar-refractivity contribution is 7.89. The molecule has 3 N–H and O–H groups in total. The summed E-state index contributed by atoms with van der Waals surface area (Å²) in [5.74, 6) is -0.0255. The molecule has 0 unspecified atom stereocenters. The summed E-state index contributed by atoms with van der Waals surface area (Å²) in [4.78, 5) is 26.3. The van der Waals surface area contributed by atoms with Gasteiger partial charge in [0.05, 0.1) is 33.1 Å². The molecule has 2 atom stereocenters. The fraction of sp³-hybridized carbons (Fsp3) is 0.273. The van der Waals surface area contributed by atoms with Gasteiger partial charge in [-0.25, -0.2) is 18.2 Å². The molecule has 0 bridgehead atoms. The number of aliphatic hydroxyl groups is 1. The van der Waals surface area contributed by atoms with Crippen molar-refractivity contribution in [1.82, 2.24) is 24.6 Å². The van der Waals surface area contributed by atoms with E-state index in [0.717, 1.165) is 21.7 Å². The third-order valence-corrected chi connectivity index (χ3v) is 10.4. The number of hydrogen-bond acceptors (Lipinski definition) is 11. The number of carbonyl (C=O) groups excluding carboxylic acids is 1. The number of aromatic nitrogens is 3. The largest absolute Gasteiger partial charge is 0.444 e. The van der Waals surface area contributed by atoms with Crippen LogP contribution in [0.1, 0.15) is 24.3 Å². The minimum Gasteiger partial charge on any atom is -0.444 e. The van der Waals surface area contributed by atoms with Gasteiger partial charge in [-0.15, -0.1) is 22.7 Å². The lowest BCUT2D eigenvalue weighted by Gasteiger charge is -2.30. The van der Waals surface area contributed by atoms with Crippen LogP contribution in [0.15, 0.2) is 101 Å². The van der Waals surface area contributed by atoms with Crippen molar-refractivity contribution in [2.75, 3.05) is 18.4 Å². The minimum atomic E-state index is -4.01. The lowest BCUT2D eigenvalue weighted by molar-refractivity contribution is 0.0876. The number of nitrogens with zero attached hydrogens (tertiary/aromatic N) is 4. The normalized spacial score (nSPS) is 13.0. The summed E-state index contributed by atoms with van der Waals surface area (Å²) in [6, 6.07) is 18.8. The zero-order chi connectivity index (χ0) is 33.2. The number of aliphatic hydroxyl groups excluding tert-OH is 1. The zero-order valence-electron chi connectivity index (χ0n) is 25.9. The van der Waals surface area contributed by atoms with Crippen LogP contribution < -0.4 is 10.6 Å². The molecule has 0 spiro atoms. The smallest absolute Gasteiger partial charge is 0.407 e. The second-order valence-electron chi connectivity index (χ2n) is 11.2. The Morgan fingerprint density at radius 3 is 2.40 bits per heavy atom. The van der Waals surface area contributed by atoms with E-state index >= 15 is 0 Å². The molecule has 0 aliphatic heterocycles. The van der Waals surface area contributed by atoms with E-state index in [9.17, 15) is 18.3 Å². The highest BCUT2D eigenvalue weighted by atomic mass is 32.2. The van der Waals surface area contributed by atoms with Crippen molar-refractivity contribution in [2.24, 2.45) is 5.92 Å². The van der Waals surface area contributed by atoms with Gasteiger partial charge in [-0.3, -0.25) is 9.97 Å². The summed E-state index contributed by atoms with van der Waals surface area (Å²) in [6.07, 6.45) is 3.32. The number of sulfonamides is 1. The number of ether oxygens (including phenoxy) is 1. The Kier molecular flexibility index (Phi) is 11.7. The van der Waals surface area contributed by atoms with Gasteiger partial charge in [0, 0.05) is 48.3 Å². The van der Waals surface area contributed by atoms with Crippen LogP contribution in [0.3, 0.4) is 0 Å². The first-order chi connectivity index (χ1) is 22.7. The zero-order valence-corrected chi connectivity index (χ0v) is 28.3. The first-order valence-corrected chi connectivity index (χ1v) is 18.1. The predicted molar refractivity (Wildman–Crippen MR) is 184 cm³/mol. The van der Waals surface area contributed by atoms with Gasteiger partial charge in [-0.1, -0.05) is 56.3 Å². The van der Waals surface area contributed by atoms with Crippen LogP contribution in [0.5, 0.6) is 0 Å². The Balaban J connectivity index is 1.30. The average Bonchev–Trinajstić information content (AvgIpc) is 3.77. The highest BCUT2D eigenvalue weighted by Crippen LogP contribution is 2.29. The van der Waals surface area contributed by atoms with Crippen LogP contribution in [-0.2, 0) is 27.8 Å². The number of pyridine rings is 1. The topological polar surface area (TPSA) is 147 Å². The van der Waals surface area contributed by atoms with Crippen LogP contribution in [0.2, 0.25) is 0 Å². The molecule has 246 valence electrons. The highest BCUT2D eigenvalue weighted by Gasteiger charge is 2.31. The summed E-state index contributed by atoms with van der Waals surface area (Å²) in [5.41, 5.74) is 4.86. The molecule has 3 heterocycles. The van der Waals surface area contributed by atoms with Crippen LogP contribution in [0.4, 0.5) is 15.6 Å². The van der Waals surface area contributed by atoms with Gasteiger partial charge >= 0.3 is 6.09 Å². The number of benzene rings is 2. The summed E-state index contributed by atoms with van der Waals surface area (Å²) in [6.45, 7) is 3.80. The van der Waals surface area contributed by atoms with Crippen molar-refractivity contribution in [1.29, 1.82) is 0 Å². The van der Waals surface area contributed by atoms with Crippen molar-refractivity contribution in [3.63, 3.8) is 0 Å². The molecule has 0 aliphatic rings. The summed E-state index contributed by atoms with van der Waals surface area (Å²) >= 11 is 2.80. The second-order valence-corrected chi connectivity index (χ2v) is 15.0. The van der Waals surface area contributed by atoms with E-state index in [2.05, 4.69) is 25.6 Å². The number of carbonyl (C=O) groups is 1. The fourth-order valence-corrected chi connectivity index (χ4v) is 7.64. The van der Waals surface area contributed by atoms with Gasteiger partial charge in [0.1, 0.15) is 6.61 Å². The molecule has 11 nitrogen and oxygen atoms in total. The number of nitrogens with one attached hydrogen (secondary N) is 2. The van der Waals surface area contributed by atoms with Crippen molar-refractivity contribution in [3.8, 4) is 11.3 Å². The quantitative estimate of drug-likeness (QED) is 0.121. The average molecular weight is 693 g/mol. The van der Waals surface area contributed by atoms with E-state index in [-0.39, 0.29) is 36.9 Å². The number of hydrogen-bond donors (Lipinski definition) is 3. The molecular formula is C33H36N6O5S3. The predicted octanol–water partition coefficient (Wildman–Crippen LogP) is 5.95. The van der Waals surface area contributed by atoms with Crippen molar-refractivity contribution >= 4 is 49.6 Å². The SMILES string of the molecule is CC(C)CN(C[C@@H](O)[C@H](Cc1ccccc1)NC(=O)OCc1cncs1)S(=O)(=O)c1ccc(-c2csc(Nc3ccncc3)n2)cc1. The molecule has 14 heteroatoms. The van der Waals surface area contributed by atoms with E-state index < -0.39 is 28.3 Å². The molecular weight excluding hydrogens is 657 g/mol. The molecule has 0 saturated carbocycles. The van der Waals surface area contributed by atoms with Crippen molar-refractivity contribution < 1.29 is 23.1 Å². The Morgan fingerprint density at radius 1 is 0.979 bits per heavy atom. The molecule has 0 radical (unpaired) electrons. The number of amides is 1. The Morgan fingerprint density at radius 2 is 1.72 bits per heavy atom. The van der Waals surface area contributed by atoms with E-state index in [4.69, 9.17) is 4.74 Å². The summed E-state index contributed by atoms with van der Waals surface area (Å²) in [7, 11) is -4.01. The molecule has 1 amide bonds. The second kappa shape index (κ2) is 16.1. The maximum Gasteiger partial charge on any atom is 0.407 e. The molecule has 2 aromatic carbocycles. The molecule has 5 aromatic rings. The minimum absolute atomic E-state index is 0.0255. The van der Waals surface area contributed by atoms with E-state index in [0.29, 0.717) is 10.8 Å². The molecule has 47 heavy (non-hydrogen) atoms.